The molecule has 2 heterocycles. The van der Waals surface area contributed by atoms with E-state index in [4.69, 9.17) is 10.3 Å². The molecule has 1 unspecified atom stereocenters. The van der Waals surface area contributed by atoms with Crippen LogP contribution in [-0.2, 0) is 12.8 Å². The molecule has 1 aromatic heterocycles. The Hall–Kier alpha value is -0.940. The zero-order valence-electron chi connectivity index (χ0n) is 11.3. The fourth-order valence-corrected chi connectivity index (χ4v) is 2.59. The Kier molecular flexibility index (Phi) is 5.13. The van der Waals surface area contributed by atoms with Crippen LogP contribution in [0.3, 0.4) is 0 Å². The van der Waals surface area contributed by atoms with Crippen LogP contribution in [-0.4, -0.2) is 41.2 Å². The molecular weight excluding hydrogens is 228 g/mol. The van der Waals surface area contributed by atoms with Gasteiger partial charge in [-0.05, 0) is 44.8 Å². The van der Waals surface area contributed by atoms with E-state index >= 15 is 0 Å². The highest BCUT2D eigenvalue weighted by molar-refractivity contribution is 4.90. The summed E-state index contributed by atoms with van der Waals surface area (Å²) in [7, 11) is 0. The van der Waals surface area contributed by atoms with E-state index in [1.165, 1.54) is 25.9 Å². The van der Waals surface area contributed by atoms with Gasteiger partial charge >= 0.3 is 0 Å². The lowest BCUT2D eigenvalue weighted by molar-refractivity contribution is 0.180. The molecule has 2 rings (SSSR count). The fraction of sp³-hybridized carbons (Fsp3) is 0.846. The molecular formula is C13H24N4O. The van der Waals surface area contributed by atoms with Gasteiger partial charge in [0.25, 0.3) is 0 Å². The minimum absolute atomic E-state index is 0.672. The SMILES string of the molecule is CCN1CCCC(Cc2noc(CCCN)n2)C1. The van der Waals surface area contributed by atoms with Gasteiger partial charge in [0, 0.05) is 19.4 Å². The van der Waals surface area contributed by atoms with Crippen molar-refractivity contribution in [3.05, 3.63) is 11.7 Å². The number of piperidine rings is 1. The summed E-state index contributed by atoms with van der Waals surface area (Å²) in [5.74, 6) is 2.28. The predicted octanol–water partition coefficient (Wildman–Crippen LogP) is 1.24. The number of aryl methyl sites for hydroxylation is 1. The molecule has 0 amide bonds. The molecule has 2 N–H and O–H groups in total. The van der Waals surface area contributed by atoms with Gasteiger partial charge in [-0.2, -0.15) is 4.98 Å². The first-order valence-corrected chi connectivity index (χ1v) is 7.05. The Morgan fingerprint density at radius 1 is 1.50 bits per heavy atom. The quantitative estimate of drug-likeness (QED) is 0.825. The van der Waals surface area contributed by atoms with E-state index in [2.05, 4.69) is 22.0 Å². The maximum atomic E-state index is 5.47. The molecule has 1 fully saturated rings. The van der Waals surface area contributed by atoms with Gasteiger partial charge in [0.2, 0.25) is 5.89 Å². The minimum atomic E-state index is 0.672. The molecule has 1 saturated heterocycles. The van der Waals surface area contributed by atoms with Crippen LogP contribution in [0.2, 0.25) is 0 Å². The number of hydrogen-bond acceptors (Lipinski definition) is 5. The zero-order chi connectivity index (χ0) is 12.8. The van der Waals surface area contributed by atoms with Crippen LogP contribution in [0.1, 0.15) is 37.9 Å². The van der Waals surface area contributed by atoms with Gasteiger partial charge in [0.05, 0.1) is 0 Å². The Balaban J connectivity index is 1.83. The second-order valence-corrected chi connectivity index (χ2v) is 5.10. The fourth-order valence-electron chi connectivity index (χ4n) is 2.59. The Bertz CT molecular complexity index is 353. The lowest BCUT2D eigenvalue weighted by atomic mass is 9.94. The lowest BCUT2D eigenvalue weighted by Gasteiger charge is -2.31. The maximum absolute atomic E-state index is 5.47. The number of nitrogens with zero attached hydrogens (tertiary/aromatic N) is 3. The molecule has 102 valence electrons. The highest BCUT2D eigenvalue weighted by Crippen LogP contribution is 2.19. The minimum Gasteiger partial charge on any atom is -0.339 e. The lowest BCUT2D eigenvalue weighted by Crippen LogP contribution is -2.36. The van der Waals surface area contributed by atoms with Crippen molar-refractivity contribution in [2.24, 2.45) is 11.7 Å². The van der Waals surface area contributed by atoms with Gasteiger partial charge in [-0.15, -0.1) is 0 Å². The van der Waals surface area contributed by atoms with Crippen LogP contribution in [0.25, 0.3) is 0 Å². The molecule has 1 atom stereocenters. The molecule has 18 heavy (non-hydrogen) atoms. The molecule has 5 heteroatoms. The molecule has 1 aromatic rings. The van der Waals surface area contributed by atoms with E-state index in [9.17, 15) is 0 Å². The second-order valence-electron chi connectivity index (χ2n) is 5.10. The van der Waals surface area contributed by atoms with Crippen LogP contribution in [0.5, 0.6) is 0 Å². The van der Waals surface area contributed by atoms with Crippen LogP contribution in [0, 0.1) is 5.92 Å². The third-order valence-electron chi connectivity index (χ3n) is 3.63. The van der Waals surface area contributed by atoms with E-state index in [-0.39, 0.29) is 0 Å². The number of aromatic nitrogens is 2. The van der Waals surface area contributed by atoms with E-state index in [0.29, 0.717) is 12.5 Å². The summed E-state index contributed by atoms with van der Waals surface area (Å²) in [5, 5.41) is 4.07. The van der Waals surface area contributed by atoms with E-state index < -0.39 is 0 Å². The summed E-state index contributed by atoms with van der Waals surface area (Å²) in [6, 6.07) is 0. The molecule has 1 aliphatic heterocycles. The van der Waals surface area contributed by atoms with E-state index in [1.807, 2.05) is 0 Å². The summed E-state index contributed by atoms with van der Waals surface area (Å²) >= 11 is 0. The van der Waals surface area contributed by atoms with Crippen molar-refractivity contribution in [3.8, 4) is 0 Å². The van der Waals surface area contributed by atoms with Crippen molar-refractivity contribution in [1.82, 2.24) is 15.0 Å². The largest absolute Gasteiger partial charge is 0.339 e. The smallest absolute Gasteiger partial charge is 0.226 e. The third-order valence-corrected chi connectivity index (χ3v) is 3.63. The highest BCUT2D eigenvalue weighted by atomic mass is 16.5. The van der Waals surface area contributed by atoms with Gasteiger partial charge in [-0.25, -0.2) is 0 Å². The molecule has 0 radical (unpaired) electrons. The zero-order valence-corrected chi connectivity index (χ0v) is 11.3. The van der Waals surface area contributed by atoms with Crippen molar-refractivity contribution in [2.45, 2.75) is 39.0 Å². The van der Waals surface area contributed by atoms with Gasteiger partial charge < -0.3 is 15.2 Å². The number of likely N-dealkylation sites (tertiary alicyclic amines) is 1. The van der Waals surface area contributed by atoms with Crippen LogP contribution >= 0.6 is 0 Å². The topological polar surface area (TPSA) is 68.2 Å². The van der Waals surface area contributed by atoms with Crippen LogP contribution < -0.4 is 5.73 Å². The summed E-state index contributed by atoms with van der Waals surface area (Å²) < 4.78 is 5.23. The Morgan fingerprint density at radius 3 is 3.17 bits per heavy atom. The molecule has 0 bridgehead atoms. The van der Waals surface area contributed by atoms with Crippen molar-refractivity contribution >= 4 is 0 Å². The first-order valence-electron chi connectivity index (χ1n) is 7.05. The van der Waals surface area contributed by atoms with Crippen LogP contribution in [0.15, 0.2) is 4.52 Å². The van der Waals surface area contributed by atoms with Gasteiger partial charge in [-0.1, -0.05) is 12.1 Å². The number of nitrogens with two attached hydrogens (primary N) is 1. The van der Waals surface area contributed by atoms with Gasteiger partial charge in [0.15, 0.2) is 5.82 Å². The molecule has 0 spiro atoms. The second kappa shape index (κ2) is 6.85. The molecule has 1 aliphatic rings. The van der Waals surface area contributed by atoms with Crippen molar-refractivity contribution in [3.63, 3.8) is 0 Å². The van der Waals surface area contributed by atoms with Gasteiger partial charge in [-0.3, -0.25) is 0 Å². The normalized spacial score (nSPS) is 21.3. The van der Waals surface area contributed by atoms with Crippen LogP contribution in [0.4, 0.5) is 0 Å². The third kappa shape index (κ3) is 3.78. The summed E-state index contributed by atoms with van der Waals surface area (Å²) in [6.07, 6.45) is 5.23. The molecule has 0 saturated carbocycles. The molecule has 0 aliphatic carbocycles. The van der Waals surface area contributed by atoms with Crippen molar-refractivity contribution < 1.29 is 4.52 Å². The standard InChI is InChI=1S/C13H24N4O/c1-2-17-8-4-5-11(10-17)9-12-15-13(18-16-12)6-3-7-14/h11H,2-10,14H2,1H3. The maximum Gasteiger partial charge on any atom is 0.226 e. The summed E-state index contributed by atoms with van der Waals surface area (Å²) in [6.45, 7) is 6.45. The Morgan fingerprint density at radius 2 is 2.39 bits per heavy atom. The van der Waals surface area contributed by atoms with Crippen molar-refractivity contribution in [1.29, 1.82) is 0 Å². The van der Waals surface area contributed by atoms with Crippen molar-refractivity contribution in [2.75, 3.05) is 26.2 Å². The van der Waals surface area contributed by atoms with E-state index in [1.54, 1.807) is 0 Å². The van der Waals surface area contributed by atoms with E-state index in [0.717, 1.165) is 37.5 Å². The highest BCUT2D eigenvalue weighted by Gasteiger charge is 2.20. The number of rotatable bonds is 6. The summed E-state index contributed by atoms with van der Waals surface area (Å²) in [5.41, 5.74) is 5.47. The first-order chi connectivity index (χ1) is 8.81. The molecule has 0 aromatic carbocycles. The first kappa shape index (κ1) is 13.5. The average Bonchev–Trinajstić information content (AvgIpc) is 2.84. The average molecular weight is 252 g/mol. The Labute approximate surface area is 109 Å². The number of hydrogen-bond donors (Lipinski definition) is 1. The molecule has 5 nitrogen and oxygen atoms in total. The summed E-state index contributed by atoms with van der Waals surface area (Å²) in [4.78, 5) is 6.94. The predicted molar refractivity (Wildman–Crippen MR) is 70.2 cm³/mol. The monoisotopic (exact) mass is 252 g/mol. The van der Waals surface area contributed by atoms with Gasteiger partial charge in [0.1, 0.15) is 0 Å².